The van der Waals surface area contributed by atoms with Crippen LogP contribution in [0.15, 0.2) is 49.0 Å². The summed E-state index contributed by atoms with van der Waals surface area (Å²) in [5.41, 5.74) is 0. The Bertz CT molecular complexity index is 650. The number of nitrogens with zero attached hydrogens (tertiary/aromatic N) is 1. The summed E-state index contributed by atoms with van der Waals surface area (Å²) in [7, 11) is 13.0. The molecule has 11 heteroatoms. The van der Waals surface area contributed by atoms with Gasteiger partial charge in [-0.25, -0.2) is 0 Å². The van der Waals surface area contributed by atoms with Crippen LogP contribution in [0.2, 0.25) is 0 Å². The third-order valence-electron chi connectivity index (χ3n) is 4.83. The molecule has 0 fully saturated rings. The Kier molecular flexibility index (Phi) is 417. The van der Waals surface area contributed by atoms with Crippen molar-refractivity contribution in [2.24, 2.45) is 0 Å². The topological polar surface area (TPSA) is 84.9 Å². The standard InChI is InChI=1S/C5H13N.2C5H10O.C4H10O.2C4H10.2C4H8.C4H6.C3H8O.2C3H8.C2H6O3S.C2H6O.C2H6S.4CH4/c1-4-6(3)5-2;1-3-4-5-6-2;1-3-5-6-4-2;1-3-4-5-2;6*1-3-4-2;2*1-3-2;1-4-6(3)5-2;2*1-3-2;;;;/h4-5H2,1-3H3;4-5H,3H2,1-2H3;3,5H,4H2,1-2H3;3-4H2,1-2H3;2*3-4H2,1-2H3;2*3-4H,1-2H3;1-2H3;3H2,1-2H3;2*3H2,1-2H3;1-2H3;2*1-2H3;4*1H4. The van der Waals surface area contributed by atoms with Gasteiger partial charge in [-0.3, -0.25) is 8.37 Å². The number of thioether (sulfide) groups is 1. The van der Waals surface area contributed by atoms with Crippen LogP contribution in [-0.2, 0) is 43.4 Å². The molecule has 0 radical (unpaired) electrons. The number of methoxy groups -OCH3 is 4. The molecule has 0 aliphatic carbocycles. The van der Waals surface area contributed by atoms with Crippen molar-refractivity contribution >= 4 is 23.1 Å². The molecular formula is C58H143NO8S2. The van der Waals surface area contributed by atoms with Gasteiger partial charge < -0.3 is 28.6 Å². The highest BCUT2D eigenvalue weighted by molar-refractivity contribution is 7.97. The van der Waals surface area contributed by atoms with Crippen molar-refractivity contribution < 1.29 is 36.3 Å². The Morgan fingerprint density at radius 3 is 0.812 bits per heavy atom. The minimum absolute atomic E-state index is 0. The zero-order valence-electron chi connectivity index (χ0n) is 50.3. The molecule has 0 N–H and O–H groups in total. The van der Waals surface area contributed by atoms with Crippen molar-refractivity contribution in [3.8, 4) is 11.8 Å². The number of ether oxygens (including phenoxy) is 5. The maximum Gasteiger partial charge on any atom is 0.304 e. The molecule has 0 aliphatic rings. The van der Waals surface area contributed by atoms with Gasteiger partial charge in [0, 0.05) is 41.7 Å². The van der Waals surface area contributed by atoms with Gasteiger partial charge >= 0.3 is 11.4 Å². The van der Waals surface area contributed by atoms with Gasteiger partial charge in [0.2, 0.25) is 0 Å². The number of hydrogen-bond donors (Lipinski definition) is 0. The molecule has 0 saturated heterocycles. The SMILES string of the molecule is C.C.C.C.CC#CC.CC=CC.CC=CC.CC=COCC.CCC.CCC.CCC=COC.CCCC.CCCC.CCCOC.CCN(C)CC.CCOC.COC.COS(=O)OC.CSC. The van der Waals surface area contributed by atoms with Gasteiger partial charge in [0.15, 0.2) is 0 Å². The summed E-state index contributed by atoms with van der Waals surface area (Å²) in [5.74, 6) is 5.36. The maximum atomic E-state index is 9.85. The first kappa shape index (κ1) is 127. The first-order chi connectivity index (χ1) is 31.0. The van der Waals surface area contributed by atoms with Crippen LogP contribution < -0.4 is 0 Å². The zero-order chi connectivity index (χ0) is 55.1. The van der Waals surface area contributed by atoms with Crippen LogP contribution in [0.4, 0.5) is 0 Å². The van der Waals surface area contributed by atoms with E-state index in [2.05, 4.69) is 129 Å². The fourth-order valence-corrected chi connectivity index (χ4v) is 1.02. The van der Waals surface area contributed by atoms with E-state index in [0.717, 1.165) is 45.8 Å². The quantitative estimate of drug-likeness (QED) is 0.101. The lowest BCUT2D eigenvalue weighted by atomic mass is 10.4. The van der Waals surface area contributed by atoms with Crippen LogP contribution >= 0.6 is 11.8 Å². The van der Waals surface area contributed by atoms with E-state index in [1.54, 1.807) is 59.8 Å². The average molecular weight is 1050 g/mol. The summed E-state index contributed by atoms with van der Waals surface area (Å²) in [5, 5.41) is 0. The fourth-order valence-electron chi connectivity index (χ4n) is 0.881. The summed E-state index contributed by atoms with van der Waals surface area (Å²) in [6.07, 6.45) is 29.2. The smallest absolute Gasteiger partial charge is 0.304 e. The summed E-state index contributed by atoms with van der Waals surface area (Å²) in [4.78, 5) is 2.25. The van der Waals surface area contributed by atoms with E-state index in [1.165, 1.54) is 52.7 Å². The molecule has 69 heavy (non-hydrogen) atoms. The Hall–Kier alpha value is -1.62. The minimum atomic E-state index is -1.53. The van der Waals surface area contributed by atoms with E-state index in [9.17, 15) is 4.21 Å². The van der Waals surface area contributed by atoms with Crippen molar-refractivity contribution in [3.63, 3.8) is 0 Å². The molecule has 9 nitrogen and oxygen atoms in total. The molecule has 0 amide bonds. The van der Waals surface area contributed by atoms with Crippen LogP contribution in [0.25, 0.3) is 0 Å². The second-order valence-electron chi connectivity index (χ2n) is 11.6. The second kappa shape index (κ2) is 227. The third kappa shape index (κ3) is 662. The summed E-state index contributed by atoms with van der Waals surface area (Å²) >= 11 is 0.216. The van der Waals surface area contributed by atoms with Crippen LogP contribution in [0, 0.1) is 11.8 Å². The van der Waals surface area contributed by atoms with E-state index >= 15 is 0 Å². The molecular weight excluding hydrogens is 903 g/mol. The lowest BCUT2D eigenvalue weighted by Crippen LogP contribution is -2.15. The van der Waals surface area contributed by atoms with Gasteiger partial charge in [-0.2, -0.15) is 16.0 Å². The first-order valence-electron chi connectivity index (χ1n) is 23.9. The number of rotatable bonds is 13. The van der Waals surface area contributed by atoms with Gasteiger partial charge in [0.25, 0.3) is 0 Å². The maximum absolute atomic E-state index is 9.85. The summed E-state index contributed by atoms with van der Waals surface area (Å²) in [6.45, 7) is 48.0. The second-order valence-corrected chi connectivity index (χ2v) is 13.5. The predicted molar refractivity (Wildman–Crippen MR) is 336 cm³/mol. The molecule has 0 spiro atoms. The minimum Gasteiger partial charge on any atom is -0.505 e. The fraction of sp³-hybridized carbons (Fsp3) is 0.828. The Morgan fingerprint density at radius 2 is 0.783 bits per heavy atom. The Balaban J connectivity index is -0.0000000229. The van der Waals surface area contributed by atoms with Crippen LogP contribution in [0.1, 0.15) is 226 Å². The molecule has 0 atom stereocenters. The molecule has 0 heterocycles. The van der Waals surface area contributed by atoms with E-state index in [4.69, 9.17) is 9.47 Å². The van der Waals surface area contributed by atoms with Gasteiger partial charge in [-0.1, -0.05) is 188 Å². The summed E-state index contributed by atoms with van der Waals surface area (Å²) < 4.78 is 41.0. The molecule has 0 aromatic rings. The van der Waals surface area contributed by atoms with Crippen LogP contribution in [0.3, 0.4) is 0 Å². The van der Waals surface area contributed by atoms with Gasteiger partial charge in [0.1, 0.15) is 0 Å². The first-order valence-corrected chi connectivity index (χ1v) is 26.5. The Labute approximate surface area is 451 Å². The number of hydrogen-bond acceptors (Lipinski definition) is 10. The van der Waals surface area contributed by atoms with Gasteiger partial charge in [-0.15, -0.1) is 11.8 Å². The van der Waals surface area contributed by atoms with Crippen LogP contribution in [0.5, 0.6) is 0 Å². The highest BCUT2D eigenvalue weighted by atomic mass is 32.2. The van der Waals surface area contributed by atoms with Crippen molar-refractivity contribution in [1.29, 1.82) is 0 Å². The molecule has 0 rings (SSSR count). The van der Waals surface area contributed by atoms with E-state index in [1.807, 2.05) is 111 Å². The zero-order valence-corrected chi connectivity index (χ0v) is 52.0. The molecule has 0 unspecified atom stereocenters. The monoisotopic (exact) mass is 1050 g/mol. The molecule has 440 valence electrons. The predicted octanol–water partition coefficient (Wildman–Crippen LogP) is 20.1. The number of unbranched alkanes of at least 4 members (excludes halogenated alkanes) is 2. The van der Waals surface area contributed by atoms with Crippen molar-refractivity contribution in [2.75, 3.05) is 102 Å². The Morgan fingerprint density at radius 1 is 0.507 bits per heavy atom. The molecule has 0 aromatic carbocycles. The normalized spacial score (nSPS) is 7.67. The molecule has 0 saturated carbocycles. The summed E-state index contributed by atoms with van der Waals surface area (Å²) in [6, 6.07) is 0. The van der Waals surface area contributed by atoms with E-state index in [0.29, 0.717) is 0 Å². The molecule has 0 bridgehead atoms. The number of allylic oxidation sites excluding steroid dienone is 6. The highest BCUT2D eigenvalue weighted by Crippen LogP contribution is 1.78. The average Bonchev–Trinajstić information content (AvgIpc) is 3.34. The largest absolute Gasteiger partial charge is 0.505 e. The van der Waals surface area contributed by atoms with Crippen molar-refractivity contribution in [2.45, 2.75) is 226 Å². The van der Waals surface area contributed by atoms with Crippen molar-refractivity contribution in [1.82, 2.24) is 4.90 Å². The molecule has 0 aliphatic heterocycles. The van der Waals surface area contributed by atoms with Crippen LogP contribution in [-0.4, -0.2) is 111 Å². The lowest BCUT2D eigenvalue weighted by molar-refractivity contribution is 0.199. The lowest BCUT2D eigenvalue weighted by Gasteiger charge is -2.07. The van der Waals surface area contributed by atoms with Crippen molar-refractivity contribution in [3.05, 3.63) is 49.0 Å². The highest BCUT2D eigenvalue weighted by Gasteiger charge is 1.84. The van der Waals surface area contributed by atoms with E-state index < -0.39 is 11.4 Å². The van der Waals surface area contributed by atoms with Gasteiger partial charge in [-0.05, 0) is 108 Å². The third-order valence-corrected chi connectivity index (χ3v) is 5.38. The van der Waals surface area contributed by atoms with E-state index in [-0.39, 0.29) is 29.7 Å². The molecule has 0 aromatic heterocycles. The van der Waals surface area contributed by atoms with Gasteiger partial charge in [0.05, 0.1) is 40.5 Å².